The van der Waals surface area contributed by atoms with Crippen molar-refractivity contribution >= 4 is 6.03 Å². The summed E-state index contributed by atoms with van der Waals surface area (Å²) in [6.07, 6.45) is 5.78. The molecule has 2 fully saturated rings. The molecule has 0 radical (unpaired) electrons. The molecule has 2 aliphatic heterocycles. The van der Waals surface area contributed by atoms with Crippen LogP contribution >= 0.6 is 0 Å². The summed E-state index contributed by atoms with van der Waals surface area (Å²) in [5, 5.41) is 3.01. The Morgan fingerprint density at radius 2 is 2.00 bits per heavy atom. The van der Waals surface area contributed by atoms with Crippen molar-refractivity contribution in [2.24, 2.45) is 0 Å². The van der Waals surface area contributed by atoms with E-state index >= 15 is 0 Å². The zero-order chi connectivity index (χ0) is 17.6. The summed E-state index contributed by atoms with van der Waals surface area (Å²) in [6.45, 7) is 7.25. The molecule has 0 bridgehead atoms. The number of piperidine rings is 1. The molecular formula is C19H30N4O2. The fourth-order valence-electron chi connectivity index (χ4n) is 3.96. The summed E-state index contributed by atoms with van der Waals surface area (Å²) >= 11 is 0. The van der Waals surface area contributed by atoms with Crippen LogP contribution in [0.1, 0.15) is 37.8 Å². The molecule has 3 rings (SSSR count). The van der Waals surface area contributed by atoms with Gasteiger partial charge in [0.05, 0.1) is 0 Å². The molecule has 0 saturated carbocycles. The minimum absolute atomic E-state index is 0.0234. The predicted molar refractivity (Wildman–Crippen MR) is 98.9 cm³/mol. The Bertz CT molecular complexity index is 637. The molecule has 0 spiro atoms. The number of likely N-dealkylation sites (tertiary alicyclic amines) is 2. The van der Waals surface area contributed by atoms with E-state index in [-0.39, 0.29) is 11.6 Å². The molecule has 2 amide bonds. The Morgan fingerprint density at radius 1 is 1.20 bits per heavy atom. The van der Waals surface area contributed by atoms with Crippen molar-refractivity contribution in [2.75, 3.05) is 32.7 Å². The van der Waals surface area contributed by atoms with Gasteiger partial charge in [0, 0.05) is 44.0 Å². The van der Waals surface area contributed by atoms with Crippen LogP contribution in [0.3, 0.4) is 0 Å². The summed E-state index contributed by atoms with van der Waals surface area (Å²) in [5.41, 5.74) is 0.984. The molecule has 2 aliphatic rings. The van der Waals surface area contributed by atoms with E-state index in [1.54, 1.807) is 16.7 Å². The van der Waals surface area contributed by atoms with E-state index in [1.165, 1.54) is 32.4 Å². The number of rotatable bonds is 5. The van der Waals surface area contributed by atoms with Crippen molar-refractivity contribution < 1.29 is 4.79 Å². The van der Waals surface area contributed by atoms with Gasteiger partial charge in [0.25, 0.3) is 5.56 Å². The molecule has 1 N–H and O–H groups in total. The van der Waals surface area contributed by atoms with Crippen molar-refractivity contribution in [3.05, 3.63) is 34.2 Å². The first-order valence-corrected chi connectivity index (χ1v) is 9.58. The van der Waals surface area contributed by atoms with Crippen molar-refractivity contribution in [1.29, 1.82) is 0 Å². The lowest BCUT2D eigenvalue weighted by Gasteiger charge is -2.32. The highest BCUT2D eigenvalue weighted by Crippen LogP contribution is 2.20. The molecule has 1 aromatic rings. The van der Waals surface area contributed by atoms with E-state index in [2.05, 4.69) is 10.2 Å². The number of amides is 2. The van der Waals surface area contributed by atoms with E-state index in [0.29, 0.717) is 19.1 Å². The Balaban J connectivity index is 1.39. The van der Waals surface area contributed by atoms with Gasteiger partial charge < -0.3 is 14.8 Å². The highest BCUT2D eigenvalue weighted by atomic mass is 16.2. The first-order chi connectivity index (χ1) is 12.1. The normalized spacial score (nSPS) is 21.5. The Hall–Kier alpha value is -1.82. The van der Waals surface area contributed by atoms with E-state index in [1.807, 2.05) is 17.9 Å². The molecular weight excluding hydrogens is 316 g/mol. The van der Waals surface area contributed by atoms with Crippen LogP contribution in [0.25, 0.3) is 0 Å². The second-order valence-electron chi connectivity index (χ2n) is 7.23. The van der Waals surface area contributed by atoms with E-state index in [4.69, 9.17) is 0 Å². The number of hydrogen-bond donors (Lipinski definition) is 1. The van der Waals surface area contributed by atoms with Gasteiger partial charge >= 0.3 is 6.03 Å². The molecule has 1 atom stereocenters. The fourth-order valence-corrected chi connectivity index (χ4v) is 3.96. The van der Waals surface area contributed by atoms with Crippen LogP contribution < -0.4 is 10.9 Å². The number of urea groups is 1. The molecule has 6 heteroatoms. The molecule has 3 heterocycles. The second kappa shape index (κ2) is 8.52. The van der Waals surface area contributed by atoms with Crippen LogP contribution in [0.4, 0.5) is 4.79 Å². The van der Waals surface area contributed by atoms with Crippen molar-refractivity contribution in [3.8, 4) is 0 Å². The van der Waals surface area contributed by atoms with Gasteiger partial charge in [-0.25, -0.2) is 4.79 Å². The smallest absolute Gasteiger partial charge is 0.317 e. The number of aryl methyl sites for hydroxylation is 1. The van der Waals surface area contributed by atoms with Crippen LogP contribution in [-0.4, -0.2) is 59.2 Å². The first kappa shape index (κ1) is 18.0. The number of pyridine rings is 1. The van der Waals surface area contributed by atoms with Gasteiger partial charge in [-0.15, -0.1) is 0 Å². The van der Waals surface area contributed by atoms with Gasteiger partial charge in [-0.2, -0.15) is 0 Å². The fraction of sp³-hybridized carbons (Fsp3) is 0.684. The zero-order valence-corrected chi connectivity index (χ0v) is 15.2. The van der Waals surface area contributed by atoms with Gasteiger partial charge in [-0.3, -0.25) is 9.69 Å². The SMILES string of the molecule is Cc1cccc(=O)n1CCCNC(=O)N1CC[C@H](N2CCCCC2)C1. The highest BCUT2D eigenvalue weighted by molar-refractivity contribution is 5.74. The summed E-state index contributed by atoms with van der Waals surface area (Å²) in [4.78, 5) is 28.7. The maximum atomic E-state index is 12.3. The van der Waals surface area contributed by atoms with Gasteiger partial charge in [0.1, 0.15) is 0 Å². The number of nitrogens with one attached hydrogen (secondary N) is 1. The van der Waals surface area contributed by atoms with Crippen LogP contribution in [0.15, 0.2) is 23.0 Å². The lowest BCUT2D eigenvalue weighted by atomic mass is 10.1. The third kappa shape index (κ3) is 4.63. The number of aromatic nitrogens is 1. The standard InChI is InChI=1S/C19H30N4O2/c1-16-7-5-8-18(24)23(16)13-6-10-20-19(25)22-14-9-17(15-22)21-11-3-2-4-12-21/h5,7-8,17H,2-4,6,9-15H2,1H3,(H,20,25)/t17-/m0/s1. The number of hydrogen-bond acceptors (Lipinski definition) is 3. The van der Waals surface area contributed by atoms with Gasteiger partial charge in [-0.05, 0) is 51.8 Å². The number of nitrogens with zero attached hydrogens (tertiary/aromatic N) is 3. The largest absolute Gasteiger partial charge is 0.338 e. The lowest BCUT2D eigenvalue weighted by molar-refractivity contribution is 0.161. The molecule has 25 heavy (non-hydrogen) atoms. The third-order valence-corrected chi connectivity index (χ3v) is 5.46. The molecule has 138 valence electrons. The first-order valence-electron chi connectivity index (χ1n) is 9.58. The van der Waals surface area contributed by atoms with Crippen LogP contribution in [-0.2, 0) is 6.54 Å². The van der Waals surface area contributed by atoms with E-state index < -0.39 is 0 Å². The lowest BCUT2D eigenvalue weighted by Crippen LogP contribution is -2.44. The Labute approximate surface area is 149 Å². The molecule has 6 nitrogen and oxygen atoms in total. The minimum Gasteiger partial charge on any atom is -0.338 e. The highest BCUT2D eigenvalue weighted by Gasteiger charge is 2.30. The number of carbonyl (C=O) groups excluding carboxylic acids is 1. The average molecular weight is 346 g/mol. The van der Waals surface area contributed by atoms with Crippen LogP contribution in [0, 0.1) is 6.92 Å². The van der Waals surface area contributed by atoms with Crippen molar-refractivity contribution in [3.63, 3.8) is 0 Å². The summed E-state index contributed by atoms with van der Waals surface area (Å²) < 4.78 is 1.76. The number of carbonyl (C=O) groups is 1. The maximum absolute atomic E-state index is 12.3. The van der Waals surface area contributed by atoms with Crippen molar-refractivity contribution in [2.45, 2.75) is 51.6 Å². The summed E-state index contributed by atoms with van der Waals surface area (Å²) in [5.74, 6) is 0. The van der Waals surface area contributed by atoms with Gasteiger partial charge in [0.15, 0.2) is 0 Å². The maximum Gasteiger partial charge on any atom is 0.317 e. The summed E-state index contributed by atoms with van der Waals surface area (Å²) in [6, 6.07) is 5.87. The quantitative estimate of drug-likeness (QED) is 0.828. The predicted octanol–water partition coefficient (Wildman–Crippen LogP) is 1.82. The topological polar surface area (TPSA) is 57.6 Å². The summed E-state index contributed by atoms with van der Waals surface area (Å²) in [7, 11) is 0. The van der Waals surface area contributed by atoms with E-state index in [0.717, 1.165) is 31.6 Å². The molecule has 0 aliphatic carbocycles. The molecule has 0 unspecified atom stereocenters. The molecule has 1 aromatic heterocycles. The Morgan fingerprint density at radius 3 is 2.76 bits per heavy atom. The van der Waals surface area contributed by atoms with Crippen LogP contribution in [0.2, 0.25) is 0 Å². The average Bonchev–Trinajstić information content (AvgIpc) is 3.11. The second-order valence-corrected chi connectivity index (χ2v) is 7.23. The minimum atomic E-state index is 0.0234. The molecule has 2 saturated heterocycles. The van der Waals surface area contributed by atoms with Crippen LogP contribution in [0.5, 0.6) is 0 Å². The molecule has 0 aromatic carbocycles. The van der Waals surface area contributed by atoms with E-state index in [9.17, 15) is 9.59 Å². The van der Waals surface area contributed by atoms with Gasteiger partial charge in [0.2, 0.25) is 0 Å². The monoisotopic (exact) mass is 346 g/mol. The Kier molecular flexibility index (Phi) is 6.13. The van der Waals surface area contributed by atoms with Crippen molar-refractivity contribution in [1.82, 2.24) is 19.7 Å². The van der Waals surface area contributed by atoms with Gasteiger partial charge in [-0.1, -0.05) is 12.5 Å². The zero-order valence-electron chi connectivity index (χ0n) is 15.2. The third-order valence-electron chi connectivity index (χ3n) is 5.46.